The van der Waals surface area contributed by atoms with Gasteiger partial charge in [-0.1, -0.05) is 36.4 Å². The number of aromatic nitrogens is 1. The maximum atomic E-state index is 6.27. The molecule has 4 heteroatoms. The minimum Gasteiger partial charge on any atom is -0.378 e. The van der Waals surface area contributed by atoms with Crippen molar-refractivity contribution in [1.29, 1.82) is 0 Å². The van der Waals surface area contributed by atoms with Gasteiger partial charge in [-0.05, 0) is 17.2 Å². The smallest absolute Gasteiger partial charge is 0.128 e. The molecule has 1 aromatic heterocycles. The van der Waals surface area contributed by atoms with Crippen molar-refractivity contribution >= 4 is 5.82 Å². The van der Waals surface area contributed by atoms with Gasteiger partial charge in [0.1, 0.15) is 5.82 Å². The zero-order chi connectivity index (χ0) is 13.8. The van der Waals surface area contributed by atoms with Gasteiger partial charge in [0.15, 0.2) is 0 Å². The molecule has 0 saturated carbocycles. The van der Waals surface area contributed by atoms with Gasteiger partial charge in [0.2, 0.25) is 0 Å². The lowest BCUT2D eigenvalue weighted by atomic mass is 10.0. The van der Waals surface area contributed by atoms with E-state index in [1.54, 1.807) is 0 Å². The van der Waals surface area contributed by atoms with Crippen molar-refractivity contribution in [3.63, 3.8) is 0 Å². The van der Waals surface area contributed by atoms with Crippen LogP contribution in [-0.2, 0) is 4.74 Å². The number of ether oxygens (including phenoxy) is 1. The van der Waals surface area contributed by atoms with Gasteiger partial charge < -0.3 is 15.4 Å². The monoisotopic (exact) mass is 269 g/mol. The number of nitrogens with two attached hydrogens (primary N) is 1. The molecule has 104 valence electrons. The van der Waals surface area contributed by atoms with Gasteiger partial charge in [-0.15, -0.1) is 0 Å². The highest BCUT2D eigenvalue weighted by Crippen LogP contribution is 2.21. The second kappa shape index (κ2) is 6.03. The molecular formula is C16H19N3O. The zero-order valence-electron chi connectivity index (χ0n) is 11.4. The van der Waals surface area contributed by atoms with Crippen LogP contribution in [0.4, 0.5) is 5.82 Å². The first kappa shape index (κ1) is 13.1. The fourth-order valence-corrected chi connectivity index (χ4v) is 2.41. The van der Waals surface area contributed by atoms with Gasteiger partial charge in [0.05, 0.1) is 19.3 Å². The summed E-state index contributed by atoms with van der Waals surface area (Å²) in [6.07, 6.45) is 1.88. The van der Waals surface area contributed by atoms with E-state index in [9.17, 15) is 0 Å². The van der Waals surface area contributed by atoms with Crippen molar-refractivity contribution in [1.82, 2.24) is 4.98 Å². The molecule has 1 unspecified atom stereocenters. The Morgan fingerprint density at radius 3 is 2.40 bits per heavy atom. The van der Waals surface area contributed by atoms with E-state index in [1.165, 1.54) is 0 Å². The summed E-state index contributed by atoms with van der Waals surface area (Å²) < 4.78 is 5.35. The molecule has 2 heterocycles. The molecule has 2 N–H and O–H groups in total. The second-order valence-electron chi connectivity index (χ2n) is 4.94. The van der Waals surface area contributed by atoms with Crippen LogP contribution in [0.1, 0.15) is 17.2 Å². The average Bonchev–Trinajstić information content (AvgIpc) is 2.56. The summed E-state index contributed by atoms with van der Waals surface area (Å²) in [5, 5.41) is 0. The maximum absolute atomic E-state index is 6.27. The van der Waals surface area contributed by atoms with E-state index in [0.29, 0.717) is 0 Å². The zero-order valence-corrected chi connectivity index (χ0v) is 11.4. The van der Waals surface area contributed by atoms with Gasteiger partial charge in [-0.2, -0.15) is 0 Å². The number of nitrogens with zero attached hydrogens (tertiary/aromatic N) is 2. The number of rotatable bonds is 3. The first-order valence-corrected chi connectivity index (χ1v) is 6.94. The quantitative estimate of drug-likeness (QED) is 0.925. The number of hydrogen-bond donors (Lipinski definition) is 1. The Morgan fingerprint density at radius 1 is 1.00 bits per heavy atom. The minimum absolute atomic E-state index is 0.123. The molecule has 4 nitrogen and oxygen atoms in total. The van der Waals surface area contributed by atoms with Crippen molar-refractivity contribution < 1.29 is 4.74 Å². The molecule has 1 saturated heterocycles. The van der Waals surface area contributed by atoms with Crippen LogP contribution in [0.2, 0.25) is 0 Å². The Kier molecular flexibility index (Phi) is 3.95. The SMILES string of the molecule is NC(c1ccccc1)c1ccc(N2CCOCC2)nc1. The van der Waals surface area contributed by atoms with Crippen molar-refractivity contribution in [2.45, 2.75) is 6.04 Å². The summed E-state index contributed by atoms with van der Waals surface area (Å²) in [6, 6.07) is 14.1. The number of anilines is 1. The Balaban J connectivity index is 1.75. The highest BCUT2D eigenvalue weighted by Gasteiger charge is 2.13. The van der Waals surface area contributed by atoms with Crippen LogP contribution < -0.4 is 10.6 Å². The van der Waals surface area contributed by atoms with Crippen LogP contribution in [0, 0.1) is 0 Å². The molecule has 3 rings (SSSR count). The summed E-state index contributed by atoms with van der Waals surface area (Å²) in [7, 11) is 0. The molecule has 1 fully saturated rings. The lowest BCUT2D eigenvalue weighted by molar-refractivity contribution is 0.122. The predicted molar refractivity (Wildman–Crippen MR) is 79.7 cm³/mol. The van der Waals surface area contributed by atoms with E-state index >= 15 is 0 Å². The molecule has 0 spiro atoms. The van der Waals surface area contributed by atoms with Crippen LogP contribution in [0.3, 0.4) is 0 Å². The van der Waals surface area contributed by atoms with Crippen molar-refractivity contribution in [3.05, 3.63) is 59.8 Å². The molecule has 0 bridgehead atoms. The number of pyridine rings is 1. The Labute approximate surface area is 119 Å². The molecule has 1 aromatic carbocycles. The Hall–Kier alpha value is -1.91. The average molecular weight is 269 g/mol. The summed E-state index contributed by atoms with van der Waals surface area (Å²) in [6.45, 7) is 3.34. The normalized spacial score (nSPS) is 16.9. The van der Waals surface area contributed by atoms with Crippen LogP contribution in [0.25, 0.3) is 0 Å². The number of benzene rings is 1. The first-order valence-electron chi connectivity index (χ1n) is 6.94. The molecule has 20 heavy (non-hydrogen) atoms. The van der Waals surface area contributed by atoms with Crippen LogP contribution >= 0.6 is 0 Å². The van der Waals surface area contributed by atoms with E-state index in [4.69, 9.17) is 10.5 Å². The molecule has 0 amide bonds. The van der Waals surface area contributed by atoms with Crippen LogP contribution in [0.15, 0.2) is 48.7 Å². The fraction of sp³-hybridized carbons (Fsp3) is 0.312. The molecule has 2 aromatic rings. The third-order valence-corrected chi connectivity index (χ3v) is 3.62. The molecule has 0 aliphatic carbocycles. The molecular weight excluding hydrogens is 250 g/mol. The predicted octanol–water partition coefficient (Wildman–Crippen LogP) is 1.97. The summed E-state index contributed by atoms with van der Waals surface area (Å²) >= 11 is 0. The highest BCUT2D eigenvalue weighted by molar-refractivity contribution is 5.41. The van der Waals surface area contributed by atoms with Crippen LogP contribution in [0.5, 0.6) is 0 Å². The van der Waals surface area contributed by atoms with E-state index in [0.717, 1.165) is 43.2 Å². The highest BCUT2D eigenvalue weighted by atomic mass is 16.5. The largest absolute Gasteiger partial charge is 0.378 e. The lowest BCUT2D eigenvalue weighted by Crippen LogP contribution is -2.36. The third-order valence-electron chi connectivity index (χ3n) is 3.62. The van der Waals surface area contributed by atoms with E-state index < -0.39 is 0 Å². The van der Waals surface area contributed by atoms with Crippen LogP contribution in [-0.4, -0.2) is 31.3 Å². The molecule has 1 aliphatic rings. The van der Waals surface area contributed by atoms with Gasteiger partial charge in [0, 0.05) is 19.3 Å². The summed E-state index contributed by atoms with van der Waals surface area (Å²) in [4.78, 5) is 6.78. The van der Waals surface area contributed by atoms with Crippen molar-refractivity contribution in [2.75, 3.05) is 31.2 Å². The summed E-state index contributed by atoms with van der Waals surface area (Å²) in [5.74, 6) is 0.998. The van der Waals surface area contributed by atoms with E-state index in [-0.39, 0.29) is 6.04 Å². The number of morpholine rings is 1. The maximum Gasteiger partial charge on any atom is 0.128 e. The topological polar surface area (TPSA) is 51.4 Å². The van der Waals surface area contributed by atoms with Crippen molar-refractivity contribution in [3.8, 4) is 0 Å². The molecule has 0 radical (unpaired) electrons. The lowest BCUT2D eigenvalue weighted by Gasteiger charge is -2.28. The first-order chi connectivity index (χ1) is 9.84. The Morgan fingerprint density at radius 2 is 1.75 bits per heavy atom. The number of hydrogen-bond acceptors (Lipinski definition) is 4. The standard InChI is InChI=1S/C16H19N3O/c17-16(13-4-2-1-3-5-13)14-6-7-15(18-12-14)19-8-10-20-11-9-19/h1-7,12,16H,8-11,17H2. The van der Waals surface area contributed by atoms with E-state index in [1.807, 2.05) is 42.6 Å². The molecule has 1 aliphatic heterocycles. The fourth-order valence-electron chi connectivity index (χ4n) is 2.41. The van der Waals surface area contributed by atoms with Gasteiger partial charge >= 0.3 is 0 Å². The Bertz CT molecular complexity index is 535. The van der Waals surface area contributed by atoms with Crippen molar-refractivity contribution in [2.24, 2.45) is 5.73 Å². The van der Waals surface area contributed by atoms with Gasteiger partial charge in [-0.25, -0.2) is 4.98 Å². The minimum atomic E-state index is -0.123. The van der Waals surface area contributed by atoms with Gasteiger partial charge in [-0.3, -0.25) is 0 Å². The summed E-state index contributed by atoms with van der Waals surface area (Å²) in [5.41, 5.74) is 8.41. The molecule has 1 atom stereocenters. The second-order valence-corrected chi connectivity index (χ2v) is 4.94. The third kappa shape index (κ3) is 2.81. The van der Waals surface area contributed by atoms with E-state index in [2.05, 4.69) is 16.0 Å². The van der Waals surface area contributed by atoms with Gasteiger partial charge in [0.25, 0.3) is 0 Å².